The Labute approximate surface area is 188 Å². The zero-order valence-corrected chi connectivity index (χ0v) is 18.9. The monoisotopic (exact) mass is 457 g/mol. The SMILES string of the molecule is Cc1ccc(NC(=O)Nc2nc(CSc3nnnn3C)cs2)c(C(=O)C2CCCC2)c1. The van der Waals surface area contributed by atoms with Gasteiger partial charge in [0.1, 0.15) is 0 Å². The van der Waals surface area contributed by atoms with Crippen molar-refractivity contribution >= 4 is 45.7 Å². The highest BCUT2D eigenvalue weighted by molar-refractivity contribution is 7.98. The van der Waals surface area contributed by atoms with Crippen molar-refractivity contribution in [3.8, 4) is 0 Å². The predicted octanol–water partition coefficient (Wildman–Crippen LogP) is 4.28. The summed E-state index contributed by atoms with van der Waals surface area (Å²) in [5, 5.41) is 20.0. The van der Waals surface area contributed by atoms with Gasteiger partial charge in [-0.05, 0) is 42.3 Å². The van der Waals surface area contributed by atoms with E-state index < -0.39 is 6.03 Å². The average molecular weight is 458 g/mol. The molecule has 1 fully saturated rings. The Morgan fingerprint density at radius 2 is 2.06 bits per heavy atom. The lowest BCUT2D eigenvalue weighted by Gasteiger charge is -2.14. The number of Topliss-reactive ketones (excluding diaryl/α,β-unsaturated/α-hetero) is 1. The number of amides is 2. The van der Waals surface area contributed by atoms with Crippen molar-refractivity contribution in [2.24, 2.45) is 13.0 Å². The number of hydrogen-bond acceptors (Lipinski definition) is 8. The average Bonchev–Trinajstić information content (AvgIpc) is 3.50. The summed E-state index contributed by atoms with van der Waals surface area (Å²) in [5.74, 6) is 0.753. The van der Waals surface area contributed by atoms with E-state index in [1.807, 2.05) is 24.4 Å². The first kappa shape index (κ1) is 21.4. The van der Waals surface area contributed by atoms with E-state index in [0.29, 0.717) is 27.3 Å². The molecule has 1 aromatic carbocycles. The van der Waals surface area contributed by atoms with E-state index in [-0.39, 0.29) is 11.7 Å². The molecule has 11 heteroatoms. The summed E-state index contributed by atoms with van der Waals surface area (Å²) in [4.78, 5) is 30.0. The number of rotatable bonds is 7. The van der Waals surface area contributed by atoms with Crippen LogP contribution in [0.3, 0.4) is 0 Å². The second-order valence-electron chi connectivity index (χ2n) is 7.49. The summed E-state index contributed by atoms with van der Waals surface area (Å²) in [6.07, 6.45) is 4.01. The van der Waals surface area contributed by atoms with Crippen LogP contribution in [0, 0.1) is 12.8 Å². The number of nitrogens with one attached hydrogen (secondary N) is 2. The number of hydrogen-bond donors (Lipinski definition) is 2. The van der Waals surface area contributed by atoms with E-state index in [4.69, 9.17) is 0 Å². The van der Waals surface area contributed by atoms with Crippen LogP contribution in [0.15, 0.2) is 28.7 Å². The molecule has 162 valence electrons. The fraction of sp³-hybridized carbons (Fsp3) is 0.400. The van der Waals surface area contributed by atoms with Crippen molar-refractivity contribution in [3.05, 3.63) is 40.4 Å². The third-order valence-corrected chi connectivity index (χ3v) is 6.97. The second kappa shape index (κ2) is 9.56. The number of thiazole rings is 1. The van der Waals surface area contributed by atoms with Gasteiger partial charge >= 0.3 is 6.03 Å². The lowest BCUT2D eigenvalue weighted by atomic mass is 9.94. The molecule has 2 amide bonds. The van der Waals surface area contributed by atoms with Gasteiger partial charge in [-0.1, -0.05) is 36.2 Å². The van der Waals surface area contributed by atoms with Gasteiger partial charge in [-0.15, -0.1) is 16.4 Å². The first-order chi connectivity index (χ1) is 15.0. The molecule has 0 saturated heterocycles. The van der Waals surface area contributed by atoms with E-state index in [9.17, 15) is 9.59 Å². The number of nitrogens with zero attached hydrogens (tertiary/aromatic N) is 5. The molecule has 0 radical (unpaired) electrons. The summed E-state index contributed by atoms with van der Waals surface area (Å²) in [5.41, 5.74) is 2.92. The van der Waals surface area contributed by atoms with Crippen LogP contribution in [0.4, 0.5) is 15.6 Å². The molecule has 0 atom stereocenters. The number of ketones is 1. The maximum atomic E-state index is 13.0. The molecule has 0 unspecified atom stereocenters. The normalized spacial score (nSPS) is 14.0. The second-order valence-corrected chi connectivity index (χ2v) is 9.29. The minimum absolute atomic E-state index is 0.0496. The van der Waals surface area contributed by atoms with Gasteiger partial charge in [-0.3, -0.25) is 10.1 Å². The van der Waals surface area contributed by atoms with Crippen LogP contribution < -0.4 is 10.6 Å². The van der Waals surface area contributed by atoms with Crippen molar-refractivity contribution in [2.45, 2.75) is 43.5 Å². The van der Waals surface area contributed by atoms with E-state index in [2.05, 4.69) is 31.1 Å². The van der Waals surface area contributed by atoms with Crippen molar-refractivity contribution in [3.63, 3.8) is 0 Å². The Hall–Kier alpha value is -2.79. The Balaban J connectivity index is 1.38. The Morgan fingerprint density at radius 1 is 1.26 bits per heavy atom. The minimum Gasteiger partial charge on any atom is -0.307 e. The molecule has 2 N–H and O–H groups in total. The molecular weight excluding hydrogens is 434 g/mol. The van der Waals surface area contributed by atoms with Gasteiger partial charge in [0.05, 0.1) is 11.4 Å². The van der Waals surface area contributed by atoms with Crippen LogP contribution in [-0.2, 0) is 12.8 Å². The van der Waals surface area contributed by atoms with Crippen molar-refractivity contribution in [1.82, 2.24) is 25.2 Å². The molecule has 4 rings (SSSR count). The van der Waals surface area contributed by atoms with Crippen LogP contribution in [-0.4, -0.2) is 37.0 Å². The largest absolute Gasteiger partial charge is 0.325 e. The summed E-state index contributed by atoms with van der Waals surface area (Å²) in [6.45, 7) is 1.95. The topological polar surface area (TPSA) is 115 Å². The Kier molecular flexibility index (Phi) is 6.62. The molecule has 1 aliphatic rings. The molecule has 31 heavy (non-hydrogen) atoms. The van der Waals surface area contributed by atoms with E-state index in [1.165, 1.54) is 23.1 Å². The zero-order valence-electron chi connectivity index (χ0n) is 17.3. The smallest absolute Gasteiger partial charge is 0.307 e. The quantitative estimate of drug-likeness (QED) is 0.402. The van der Waals surface area contributed by atoms with Crippen LogP contribution in [0.25, 0.3) is 0 Å². The highest BCUT2D eigenvalue weighted by Crippen LogP contribution is 2.31. The predicted molar refractivity (Wildman–Crippen MR) is 121 cm³/mol. The first-order valence-electron chi connectivity index (χ1n) is 10.0. The molecule has 0 bridgehead atoms. The summed E-state index contributed by atoms with van der Waals surface area (Å²) in [7, 11) is 1.78. The molecule has 3 aromatic rings. The van der Waals surface area contributed by atoms with Crippen LogP contribution in [0.2, 0.25) is 0 Å². The molecule has 2 heterocycles. The van der Waals surface area contributed by atoms with Gasteiger partial charge in [-0.2, -0.15) is 0 Å². The molecule has 9 nitrogen and oxygen atoms in total. The minimum atomic E-state index is -0.421. The first-order valence-corrected chi connectivity index (χ1v) is 11.9. The van der Waals surface area contributed by atoms with Gasteiger partial charge in [0, 0.05) is 29.7 Å². The number of aryl methyl sites for hydroxylation is 2. The molecular formula is C20H23N7O2S2. The molecule has 2 aromatic heterocycles. The fourth-order valence-electron chi connectivity index (χ4n) is 3.54. The van der Waals surface area contributed by atoms with Crippen molar-refractivity contribution < 1.29 is 9.59 Å². The zero-order chi connectivity index (χ0) is 21.8. The standard InChI is InChI=1S/C20H23N7O2S2/c1-12-7-8-16(15(9-12)17(28)13-5-3-4-6-13)22-18(29)23-19-21-14(10-30-19)11-31-20-24-25-26-27(20)2/h7-10,13H,3-6,11H2,1-2H3,(H2,21,22,23,29). The summed E-state index contributed by atoms with van der Waals surface area (Å²) < 4.78 is 1.59. The molecule has 1 aliphatic carbocycles. The van der Waals surface area contributed by atoms with Gasteiger partial charge in [-0.25, -0.2) is 14.5 Å². The number of carbonyl (C=O) groups excluding carboxylic acids is 2. The number of anilines is 2. The lowest BCUT2D eigenvalue weighted by molar-refractivity contribution is 0.0923. The van der Waals surface area contributed by atoms with E-state index in [0.717, 1.165) is 36.9 Å². The van der Waals surface area contributed by atoms with Crippen LogP contribution >= 0.6 is 23.1 Å². The number of aromatic nitrogens is 5. The van der Waals surface area contributed by atoms with Crippen molar-refractivity contribution in [1.29, 1.82) is 0 Å². The summed E-state index contributed by atoms with van der Waals surface area (Å²) in [6, 6.07) is 5.11. The van der Waals surface area contributed by atoms with Gasteiger partial charge in [0.2, 0.25) is 5.16 Å². The lowest BCUT2D eigenvalue weighted by Crippen LogP contribution is -2.22. The highest BCUT2D eigenvalue weighted by Gasteiger charge is 2.26. The van der Waals surface area contributed by atoms with Crippen molar-refractivity contribution in [2.75, 3.05) is 10.6 Å². The van der Waals surface area contributed by atoms with E-state index in [1.54, 1.807) is 17.8 Å². The fourth-order valence-corrected chi connectivity index (χ4v) is 5.10. The third-order valence-electron chi connectivity index (χ3n) is 5.12. The number of thioether (sulfide) groups is 1. The number of benzene rings is 1. The Morgan fingerprint density at radius 3 is 2.81 bits per heavy atom. The van der Waals surface area contributed by atoms with E-state index >= 15 is 0 Å². The van der Waals surface area contributed by atoms with Gasteiger partial charge < -0.3 is 5.32 Å². The number of carbonyl (C=O) groups is 2. The molecule has 0 aliphatic heterocycles. The van der Waals surface area contributed by atoms with Gasteiger partial charge in [0.15, 0.2) is 10.9 Å². The van der Waals surface area contributed by atoms with Crippen LogP contribution in [0.5, 0.6) is 0 Å². The highest BCUT2D eigenvalue weighted by atomic mass is 32.2. The molecule has 1 saturated carbocycles. The van der Waals surface area contributed by atoms with Gasteiger partial charge in [0.25, 0.3) is 0 Å². The number of tetrazole rings is 1. The maximum Gasteiger partial charge on any atom is 0.325 e. The third kappa shape index (κ3) is 5.28. The maximum absolute atomic E-state index is 13.0. The van der Waals surface area contributed by atoms with Crippen LogP contribution in [0.1, 0.15) is 47.3 Å². The molecule has 0 spiro atoms. The summed E-state index contributed by atoms with van der Waals surface area (Å²) >= 11 is 2.81. The number of urea groups is 1. The Bertz CT molecular complexity index is 1090.